The molecule has 0 aliphatic carbocycles. The molecule has 39 heavy (non-hydrogen) atoms. The van der Waals surface area contributed by atoms with Crippen LogP contribution in [0.25, 0.3) is 33.5 Å². The first-order chi connectivity index (χ1) is 18.7. The Kier molecular flexibility index (Phi) is 7.88. The first-order valence-corrected chi connectivity index (χ1v) is 13.8. The fourth-order valence-corrected chi connectivity index (χ4v) is 5.48. The molecule has 0 spiro atoms. The summed E-state index contributed by atoms with van der Waals surface area (Å²) in [7, 11) is 0. The van der Waals surface area contributed by atoms with Crippen LogP contribution < -0.4 is 10.3 Å². The van der Waals surface area contributed by atoms with Crippen LogP contribution in [-0.2, 0) is 9.53 Å². The molecule has 0 aliphatic heterocycles. The standard InChI is InChI=1S/C28H20Br2ClN3O5/c1-3-37-28(36)15(2)38-25-20(29)10-16(11-21(25)30)14-32-34-26(33-22-7-5-4-6-19(22)27(34)35)24-13-17-12-18(31)8-9-23(17)39-24/h4-15H,3H2,1-2H3/t15-/m0/s1. The predicted molar refractivity (Wildman–Crippen MR) is 158 cm³/mol. The monoisotopic (exact) mass is 671 g/mol. The van der Waals surface area contributed by atoms with E-state index in [0.29, 0.717) is 47.5 Å². The molecule has 0 amide bonds. The third-order valence-electron chi connectivity index (χ3n) is 5.71. The van der Waals surface area contributed by atoms with E-state index in [-0.39, 0.29) is 18.0 Å². The Labute approximate surface area is 244 Å². The first kappa shape index (κ1) is 27.1. The Morgan fingerprint density at radius 3 is 2.64 bits per heavy atom. The van der Waals surface area contributed by atoms with Gasteiger partial charge in [0, 0.05) is 10.4 Å². The average molecular weight is 674 g/mol. The number of halogens is 3. The van der Waals surface area contributed by atoms with Crippen LogP contribution in [0.4, 0.5) is 0 Å². The van der Waals surface area contributed by atoms with Gasteiger partial charge in [-0.05, 0) is 99.8 Å². The number of benzene rings is 3. The van der Waals surface area contributed by atoms with Crippen molar-refractivity contribution < 1.29 is 18.7 Å². The second-order valence-electron chi connectivity index (χ2n) is 8.43. The van der Waals surface area contributed by atoms with E-state index in [9.17, 15) is 9.59 Å². The van der Waals surface area contributed by atoms with Crippen molar-refractivity contribution in [2.45, 2.75) is 20.0 Å². The number of hydrogen-bond donors (Lipinski definition) is 0. The number of esters is 1. The van der Waals surface area contributed by atoms with E-state index in [1.807, 2.05) is 6.07 Å². The lowest BCUT2D eigenvalue weighted by Gasteiger charge is -2.16. The number of fused-ring (bicyclic) bond motifs is 2. The fraction of sp³-hybridized carbons (Fsp3) is 0.143. The topological polar surface area (TPSA) is 95.9 Å². The molecule has 1 atom stereocenters. The van der Waals surface area contributed by atoms with E-state index >= 15 is 0 Å². The Balaban J connectivity index is 1.56. The molecule has 2 heterocycles. The highest BCUT2D eigenvalue weighted by Crippen LogP contribution is 2.35. The van der Waals surface area contributed by atoms with Gasteiger partial charge in [-0.2, -0.15) is 9.78 Å². The van der Waals surface area contributed by atoms with Gasteiger partial charge in [0.2, 0.25) is 5.82 Å². The maximum atomic E-state index is 13.5. The molecule has 0 aliphatic rings. The van der Waals surface area contributed by atoms with Gasteiger partial charge in [-0.15, -0.1) is 0 Å². The van der Waals surface area contributed by atoms with Crippen LogP contribution in [0.3, 0.4) is 0 Å². The Morgan fingerprint density at radius 2 is 1.90 bits per heavy atom. The van der Waals surface area contributed by atoms with Gasteiger partial charge in [-0.1, -0.05) is 23.7 Å². The molecule has 0 radical (unpaired) electrons. The molecule has 8 nitrogen and oxygen atoms in total. The molecule has 198 valence electrons. The summed E-state index contributed by atoms with van der Waals surface area (Å²) in [5.74, 6) is 0.569. The number of carbonyl (C=O) groups excluding carboxylic acids is 1. The van der Waals surface area contributed by atoms with Crippen LogP contribution >= 0.6 is 43.5 Å². The molecular weight excluding hydrogens is 654 g/mol. The van der Waals surface area contributed by atoms with Crippen molar-refractivity contribution in [3.05, 3.63) is 90.5 Å². The van der Waals surface area contributed by atoms with Crippen LogP contribution in [0.1, 0.15) is 19.4 Å². The average Bonchev–Trinajstić information content (AvgIpc) is 3.33. The highest BCUT2D eigenvalue weighted by atomic mass is 79.9. The number of nitrogens with zero attached hydrogens (tertiary/aromatic N) is 3. The summed E-state index contributed by atoms with van der Waals surface area (Å²) < 4.78 is 19.2. The number of para-hydroxylation sites is 1. The summed E-state index contributed by atoms with van der Waals surface area (Å²) in [5.41, 5.74) is 1.41. The van der Waals surface area contributed by atoms with E-state index in [2.05, 4.69) is 41.9 Å². The van der Waals surface area contributed by atoms with E-state index in [4.69, 9.17) is 25.5 Å². The zero-order chi connectivity index (χ0) is 27.7. The van der Waals surface area contributed by atoms with E-state index in [0.717, 1.165) is 5.39 Å². The SMILES string of the molecule is CCOC(=O)[C@H](C)Oc1c(Br)cc(C=Nn2c(-c3cc4cc(Cl)ccc4o3)nc3ccccc3c2=O)cc1Br. The van der Waals surface area contributed by atoms with Crippen molar-refractivity contribution in [3.63, 3.8) is 0 Å². The minimum atomic E-state index is -0.805. The highest BCUT2D eigenvalue weighted by Gasteiger charge is 2.20. The molecule has 5 rings (SSSR count). The van der Waals surface area contributed by atoms with Crippen LogP contribution in [0.15, 0.2) is 83.9 Å². The van der Waals surface area contributed by atoms with Crippen molar-refractivity contribution in [1.82, 2.24) is 9.66 Å². The van der Waals surface area contributed by atoms with Crippen LogP contribution in [0, 0.1) is 0 Å². The Morgan fingerprint density at radius 1 is 1.15 bits per heavy atom. The maximum absolute atomic E-state index is 13.5. The van der Waals surface area contributed by atoms with Crippen LogP contribution in [0.5, 0.6) is 5.75 Å². The van der Waals surface area contributed by atoms with Crippen molar-refractivity contribution in [2.24, 2.45) is 5.10 Å². The fourth-order valence-electron chi connectivity index (χ4n) is 3.89. The zero-order valence-electron chi connectivity index (χ0n) is 20.7. The van der Waals surface area contributed by atoms with E-state index in [1.165, 1.54) is 10.9 Å². The van der Waals surface area contributed by atoms with Crippen LogP contribution in [0.2, 0.25) is 5.02 Å². The largest absolute Gasteiger partial charge is 0.477 e. The molecule has 5 aromatic rings. The molecule has 2 aromatic heterocycles. The summed E-state index contributed by atoms with van der Waals surface area (Å²) in [5, 5.41) is 6.24. The predicted octanol–water partition coefficient (Wildman–Crippen LogP) is 7.20. The Bertz CT molecular complexity index is 1790. The van der Waals surface area contributed by atoms with Gasteiger partial charge >= 0.3 is 5.97 Å². The van der Waals surface area contributed by atoms with Gasteiger partial charge in [-0.25, -0.2) is 9.78 Å². The number of furan rings is 1. The summed E-state index contributed by atoms with van der Waals surface area (Å²) in [6.45, 7) is 3.60. The lowest BCUT2D eigenvalue weighted by atomic mass is 10.2. The third kappa shape index (κ3) is 5.63. The highest BCUT2D eigenvalue weighted by molar-refractivity contribution is 9.11. The van der Waals surface area contributed by atoms with Crippen molar-refractivity contribution in [3.8, 4) is 17.3 Å². The lowest BCUT2D eigenvalue weighted by Crippen LogP contribution is -2.26. The molecular formula is C28H20Br2ClN3O5. The number of aromatic nitrogens is 2. The zero-order valence-corrected chi connectivity index (χ0v) is 24.6. The van der Waals surface area contributed by atoms with Crippen molar-refractivity contribution in [2.75, 3.05) is 6.61 Å². The van der Waals surface area contributed by atoms with Gasteiger partial charge < -0.3 is 13.9 Å². The number of rotatable bonds is 7. The van der Waals surface area contributed by atoms with Gasteiger partial charge in [0.25, 0.3) is 5.56 Å². The maximum Gasteiger partial charge on any atom is 0.347 e. The minimum Gasteiger partial charge on any atom is -0.477 e. The smallest absolute Gasteiger partial charge is 0.347 e. The molecule has 0 fully saturated rings. The van der Waals surface area contributed by atoms with Crippen molar-refractivity contribution in [1.29, 1.82) is 0 Å². The first-order valence-electron chi connectivity index (χ1n) is 11.8. The molecule has 0 bridgehead atoms. The van der Waals surface area contributed by atoms with Crippen LogP contribution in [-0.4, -0.2) is 34.6 Å². The molecule has 0 N–H and O–H groups in total. The third-order valence-corrected chi connectivity index (χ3v) is 7.12. The minimum absolute atomic E-state index is 0.239. The number of hydrogen-bond acceptors (Lipinski definition) is 7. The molecule has 3 aromatic carbocycles. The van der Waals surface area contributed by atoms with E-state index in [1.54, 1.807) is 68.4 Å². The van der Waals surface area contributed by atoms with Gasteiger partial charge in [0.15, 0.2) is 11.9 Å². The molecule has 11 heteroatoms. The normalized spacial score (nSPS) is 12.3. The molecule has 0 saturated heterocycles. The van der Waals surface area contributed by atoms with Gasteiger partial charge in [0.05, 0.1) is 32.7 Å². The van der Waals surface area contributed by atoms with Gasteiger partial charge in [0.1, 0.15) is 11.3 Å². The summed E-state index contributed by atoms with van der Waals surface area (Å²) in [6.07, 6.45) is 0.718. The Hall–Kier alpha value is -3.47. The quantitative estimate of drug-likeness (QED) is 0.134. The molecule has 0 saturated carbocycles. The lowest BCUT2D eigenvalue weighted by molar-refractivity contribution is -0.150. The summed E-state index contributed by atoms with van der Waals surface area (Å²) in [6, 6.07) is 17.6. The van der Waals surface area contributed by atoms with Crippen molar-refractivity contribution >= 4 is 77.5 Å². The molecule has 0 unspecified atom stereocenters. The summed E-state index contributed by atoms with van der Waals surface area (Å²) >= 11 is 13.1. The summed E-state index contributed by atoms with van der Waals surface area (Å²) in [4.78, 5) is 30.2. The second-order valence-corrected chi connectivity index (χ2v) is 10.6. The van der Waals surface area contributed by atoms with Gasteiger partial charge in [-0.3, -0.25) is 4.79 Å². The second kappa shape index (κ2) is 11.3. The van der Waals surface area contributed by atoms with E-state index < -0.39 is 12.1 Å². The number of ether oxygens (including phenoxy) is 2. The number of carbonyl (C=O) groups is 1.